The number of hydrogen-bond donors (Lipinski definition) is 0. The van der Waals surface area contributed by atoms with Crippen LogP contribution in [0.5, 0.6) is 0 Å². The van der Waals surface area contributed by atoms with E-state index in [1.54, 1.807) is 5.57 Å². The van der Waals surface area contributed by atoms with Crippen molar-refractivity contribution >= 4 is 8.32 Å². The molecule has 3 rings (SSSR count). The molecule has 0 N–H and O–H groups in total. The third-order valence-electron chi connectivity index (χ3n) is 10.9. The molecule has 6 atom stereocenters. The van der Waals surface area contributed by atoms with Crippen molar-refractivity contribution in [3.05, 3.63) is 47.6 Å². The highest BCUT2D eigenvalue weighted by molar-refractivity contribution is 6.74. The molecule has 0 heterocycles. The molecular weight excluding hydrogens is 452 g/mol. The summed E-state index contributed by atoms with van der Waals surface area (Å²) < 4.78 is 6.82. The summed E-state index contributed by atoms with van der Waals surface area (Å²) >= 11 is 0. The summed E-state index contributed by atoms with van der Waals surface area (Å²) in [5.74, 6) is 3.62. The first-order valence-corrected chi connectivity index (χ1v) is 18.0. The highest BCUT2D eigenvalue weighted by Gasteiger charge is 2.50. The number of hydrogen-bond acceptors (Lipinski definition) is 1. The van der Waals surface area contributed by atoms with E-state index in [0.29, 0.717) is 23.4 Å². The van der Waals surface area contributed by atoms with Crippen LogP contribution in [-0.2, 0) is 4.43 Å². The zero-order valence-corrected chi connectivity index (χ0v) is 26.5. The van der Waals surface area contributed by atoms with Gasteiger partial charge in [-0.05, 0) is 110 Å². The van der Waals surface area contributed by atoms with E-state index in [2.05, 4.69) is 99.4 Å². The SMILES string of the molecule is C=C1CCC(O[Si](C)(C)C(C)(C)C)C/C1=C/C=C1\CCCC2(C)C1CCC2C(C)/C=C/C(C)C(C)C. The van der Waals surface area contributed by atoms with E-state index in [1.807, 2.05) is 0 Å². The maximum atomic E-state index is 6.82. The van der Waals surface area contributed by atoms with Gasteiger partial charge in [-0.15, -0.1) is 0 Å². The summed E-state index contributed by atoms with van der Waals surface area (Å²) in [4.78, 5) is 0. The molecule has 6 unspecified atom stereocenters. The Balaban J connectivity index is 1.73. The van der Waals surface area contributed by atoms with Crippen molar-refractivity contribution in [3.8, 4) is 0 Å². The van der Waals surface area contributed by atoms with Gasteiger partial charge >= 0.3 is 0 Å². The van der Waals surface area contributed by atoms with Crippen molar-refractivity contribution in [3.63, 3.8) is 0 Å². The lowest BCUT2D eigenvalue weighted by Crippen LogP contribution is -2.44. The van der Waals surface area contributed by atoms with Gasteiger partial charge in [-0.2, -0.15) is 0 Å². The van der Waals surface area contributed by atoms with Crippen molar-refractivity contribution in [2.24, 2.45) is 35.0 Å². The lowest BCUT2D eigenvalue weighted by atomic mass is 9.61. The molecule has 0 saturated heterocycles. The minimum Gasteiger partial charge on any atom is -0.414 e. The van der Waals surface area contributed by atoms with Crippen LogP contribution >= 0.6 is 0 Å². The summed E-state index contributed by atoms with van der Waals surface area (Å²) in [6.45, 7) is 28.4. The van der Waals surface area contributed by atoms with Crippen LogP contribution in [0.25, 0.3) is 0 Å². The van der Waals surface area contributed by atoms with E-state index in [4.69, 9.17) is 4.43 Å². The summed E-state index contributed by atoms with van der Waals surface area (Å²) in [5.41, 5.74) is 4.94. The van der Waals surface area contributed by atoms with E-state index in [9.17, 15) is 0 Å². The lowest BCUT2D eigenvalue weighted by Gasteiger charge is -2.44. The molecule has 3 aliphatic rings. The van der Waals surface area contributed by atoms with Gasteiger partial charge in [0.1, 0.15) is 0 Å². The second-order valence-corrected chi connectivity index (χ2v) is 19.5. The van der Waals surface area contributed by atoms with Crippen LogP contribution in [-0.4, -0.2) is 14.4 Å². The molecule has 0 aromatic carbocycles. The molecule has 36 heavy (non-hydrogen) atoms. The molecule has 0 aliphatic heterocycles. The van der Waals surface area contributed by atoms with Crippen LogP contribution in [0.3, 0.4) is 0 Å². The second-order valence-electron chi connectivity index (χ2n) is 14.7. The lowest BCUT2D eigenvalue weighted by molar-refractivity contribution is 0.112. The smallest absolute Gasteiger partial charge is 0.192 e. The monoisotopic (exact) mass is 510 g/mol. The van der Waals surface area contributed by atoms with Crippen molar-refractivity contribution in [1.29, 1.82) is 0 Å². The topological polar surface area (TPSA) is 9.23 Å². The van der Waals surface area contributed by atoms with E-state index in [0.717, 1.165) is 37.0 Å². The largest absolute Gasteiger partial charge is 0.414 e. The van der Waals surface area contributed by atoms with Crippen LogP contribution in [0, 0.1) is 35.0 Å². The zero-order valence-electron chi connectivity index (χ0n) is 25.5. The zero-order chi connectivity index (χ0) is 26.9. The first kappa shape index (κ1) is 29.7. The van der Waals surface area contributed by atoms with Gasteiger partial charge in [0.25, 0.3) is 0 Å². The number of fused-ring (bicyclic) bond motifs is 1. The van der Waals surface area contributed by atoms with Crippen LogP contribution in [0.4, 0.5) is 0 Å². The Morgan fingerprint density at radius 2 is 1.69 bits per heavy atom. The van der Waals surface area contributed by atoms with Crippen LogP contribution < -0.4 is 0 Å². The quantitative estimate of drug-likeness (QED) is 0.244. The third-order valence-corrected chi connectivity index (χ3v) is 15.4. The Bertz CT molecular complexity index is 866. The average molecular weight is 511 g/mol. The standard InChI is InChI=1S/C34H58OSi/c1-24(2)25(3)14-15-27(5)31-20-21-32-28(13-12-22-34(31,32)9)17-18-29-23-30(19-16-26(29)4)35-36(10,11)33(6,7)8/h14-15,17-18,24-25,27,30-32H,4,12-13,16,19-23H2,1-3,5-11H3/b15-14+,28-17+,29-18-. The fourth-order valence-electron chi connectivity index (χ4n) is 6.93. The average Bonchev–Trinajstić information content (AvgIpc) is 3.14. The maximum absolute atomic E-state index is 6.82. The molecule has 0 spiro atoms. The van der Waals surface area contributed by atoms with Gasteiger partial charge in [-0.3, -0.25) is 0 Å². The van der Waals surface area contributed by atoms with Gasteiger partial charge in [0.15, 0.2) is 8.32 Å². The van der Waals surface area contributed by atoms with Crippen LogP contribution in [0.2, 0.25) is 18.1 Å². The minimum atomic E-state index is -1.74. The molecule has 0 amide bonds. The first-order valence-electron chi connectivity index (χ1n) is 15.1. The van der Waals surface area contributed by atoms with Gasteiger partial charge in [-0.1, -0.05) is 97.4 Å². The maximum Gasteiger partial charge on any atom is 0.192 e. The minimum absolute atomic E-state index is 0.262. The van der Waals surface area contributed by atoms with Crippen LogP contribution in [0.1, 0.15) is 107 Å². The normalized spacial score (nSPS) is 34.1. The number of rotatable bonds is 7. The van der Waals surface area contributed by atoms with Crippen molar-refractivity contribution < 1.29 is 4.43 Å². The van der Waals surface area contributed by atoms with Gasteiger partial charge < -0.3 is 4.43 Å². The Kier molecular flexibility index (Phi) is 9.47. The first-order chi connectivity index (χ1) is 16.7. The molecule has 2 heteroatoms. The molecule has 0 aromatic rings. The van der Waals surface area contributed by atoms with Gasteiger partial charge in [0.2, 0.25) is 0 Å². The van der Waals surface area contributed by atoms with Crippen LogP contribution in [0.15, 0.2) is 47.6 Å². The summed E-state index contributed by atoms with van der Waals surface area (Å²) in [5, 5.41) is 0.262. The summed E-state index contributed by atoms with van der Waals surface area (Å²) in [6, 6.07) is 0. The molecular formula is C34H58OSi. The Hall–Kier alpha value is -0.863. The second kappa shape index (κ2) is 11.5. The van der Waals surface area contributed by atoms with E-state index in [1.165, 1.54) is 43.3 Å². The fraction of sp³-hybridized carbons (Fsp3) is 0.765. The molecule has 3 saturated carbocycles. The van der Waals surface area contributed by atoms with Crippen molar-refractivity contribution in [2.75, 3.05) is 0 Å². The number of allylic oxidation sites excluding steroid dienone is 6. The van der Waals surface area contributed by atoms with Gasteiger partial charge in [0, 0.05) is 6.10 Å². The summed E-state index contributed by atoms with van der Waals surface area (Å²) in [6.07, 6.45) is 20.4. The molecule has 204 valence electrons. The predicted octanol–water partition coefficient (Wildman–Crippen LogP) is 10.7. The third kappa shape index (κ3) is 6.58. The Morgan fingerprint density at radius 3 is 2.33 bits per heavy atom. The predicted molar refractivity (Wildman–Crippen MR) is 162 cm³/mol. The highest BCUT2D eigenvalue weighted by Crippen LogP contribution is 2.59. The molecule has 3 fully saturated rings. The molecule has 3 aliphatic carbocycles. The molecule has 0 bridgehead atoms. The highest BCUT2D eigenvalue weighted by atomic mass is 28.4. The van der Waals surface area contributed by atoms with Gasteiger partial charge in [-0.25, -0.2) is 0 Å². The van der Waals surface area contributed by atoms with Gasteiger partial charge in [0.05, 0.1) is 0 Å². The molecule has 0 radical (unpaired) electrons. The van der Waals surface area contributed by atoms with E-state index in [-0.39, 0.29) is 5.04 Å². The Morgan fingerprint density at radius 1 is 1.00 bits per heavy atom. The van der Waals surface area contributed by atoms with Crippen molar-refractivity contribution in [1.82, 2.24) is 0 Å². The molecule has 1 nitrogen and oxygen atoms in total. The van der Waals surface area contributed by atoms with E-state index < -0.39 is 8.32 Å². The molecule has 0 aromatic heterocycles. The fourth-order valence-corrected chi connectivity index (χ4v) is 8.31. The van der Waals surface area contributed by atoms with Crippen molar-refractivity contribution in [2.45, 2.75) is 131 Å². The summed E-state index contributed by atoms with van der Waals surface area (Å²) in [7, 11) is -1.74. The Labute approximate surface area is 226 Å². The van der Waals surface area contributed by atoms with E-state index >= 15 is 0 Å².